The first-order valence-corrected chi connectivity index (χ1v) is 5.05. The van der Waals surface area contributed by atoms with Gasteiger partial charge in [0.15, 0.2) is 0 Å². The Balaban J connectivity index is 2.88. The zero-order chi connectivity index (χ0) is 12.2. The number of hydrogen-bond acceptors (Lipinski definition) is 5. The Morgan fingerprint density at radius 3 is 2.50 bits per heavy atom. The minimum Gasteiger partial charge on any atom is -0.481 e. The first-order valence-electron chi connectivity index (χ1n) is 4.46. The van der Waals surface area contributed by atoms with E-state index in [1.54, 1.807) is 0 Å². The van der Waals surface area contributed by atoms with Gasteiger partial charge in [-0.15, -0.1) is 0 Å². The van der Waals surface area contributed by atoms with Crippen LogP contribution in [-0.4, -0.2) is 24.1 Å². The van der Waals surface area contributed by atoms with Crippen molar-refractivity contribution in [2.75, 3.05) is 0 Å². The van der Waals surface area contributed by atoms with Gasteiger partial charge < -0.3 is 5.11 Å². The Morgan fingerprint density at radius 2 is 2.00 bits per heavy atom. The minimum atomic E-state index is -4.04. The number of carboxylic acid groups (broad SMARTS) is 1. The second kappa shape index (κ2) is 3.77. The van der Waals surface area contributed by atoms with E-state index in [0.29, 0.717) is 5.56 Å². The number of benzene rings is 1. The Labute approximate surface area is 83.7 Å². The normalized spacial score (nSPS) is 12.9. The highest BCUT2D eigenvalue weighted by Crippen LogP contribution is 2.10. The number of carbonyl (C=O) groups is 1. The smallest absolute Gasteiger partial charge is 0.307 e. The summed E-state index contributed by atoms with van der Waals surface area (Å²) in [5, 5.41) is 3.71. The lowest BCUT2D eigenvalue weighted by Crippen LogP contribution is -2.01. The zero-order valence-corrected chi connectivity index (χ0v) is 7.78. The van der Waals surface area contributed by atoms with Crippen molar-refractivity contribution >= 4 is 16.1 Å². The van der Waals surface area contributed by atoms with Crippen molar-refractivity contribution in [3.05, 3.63) is 29.8 Å². The average Bonchev–Trinajstić information content (AvgIpc) is 2.29. The summed E-state index contributed by atoms with van der Waals surface area (Å²) in [5.74, 6) is -0.743. The van der Waals surface area contributed by atoms with E-state index in [1.165, 1.54) is 24.3 Å². The molecule has 0 spiro atoms. The minimum absolute atomic E-state index is 0.119. The van der Waals surface area contributed by atoms with Crippen LogP contribution in [0.5, 0.6) is 0 Å². The Kier molecular flexibility index (Phi) is 2.14. The van der Waals surface area contributed by atoms with Crippen LogP contribution < -0.4 is 0 Å². The van der Waals surface area contributed by atoms with Gasteiger partial charge in [-0.05, 0) is 17.7 Å². The largest absolute Gasteiger partial charge is 0.481 e. The maximum Gasteiger partial charge on any atom is 0.307 e. The summed E-state index contributed by atoms with van der Waals surface area (Å²) < 4.78 is 38.4. The predicted molar refractivity (Wildman–Crippen MR) is 47.6 cm³/mol. The van der Waals surface area contributed by atoms with Gasteiger partial charge in [0.2, 0.25) is 1.43 Å². The number of carboxylic acids is 1. The van der Waals surface area contributed by atoms with Gasteiger partial charge in [0.25, 0.3) is 11.5 Å². The fourth-order valence-corrected chi connectivity index (χ4v) is 1.41. The SMILES string of the molecule is [2H]OC(=O)Cc1ccc(S(=O)(=O)O[2H])cc1. The van der Waals surface area contributed by atoms with Gasteiger partial charge in [-0.1, -0.05) is 12.1 Å². The predicted octanol–water partition coefficient (Wildman–Crippen LogP) is 0.560. The van der Waals surface area contributed by atoms with Gasteiger partial charge in [0, 0.05) is 0 Å². The van der Waals surface area contributed by atoms with Crippen LogP contribution >= 0.6 is 0 Å². The Bertz CT molecular complexity index is 468. The number of hydrogen-bond donors (Lipinski definition) is 2. The van der Waals surface area contributed by atoms with E-state index >= 15 is 0 Å². The van der Waals surface area contributed by atoms with Crippen LogP contribution in [-0.2, 0) is 21.3 Å². The van der Waals surface area contributed by atoms with E-state index in [2.05, 4.69) is 9.66 Å². The van der Waals surface area contributed by atoms with E-state index in [9.17, 15) is 13.2 Å². The summed E-state index contributed by atoms with van der Waals surface area (Å²) in [6.45, 7) is 0. The zero-order valence-electron chi connectivity index (χ0n) is 8.97. The third kappa shape index (κ3) is 2.82. The maximum atomic E-state index is 11.1. The summed E-state index contributed by atoms with van der Waals surface area (Å²) in [4.78, 5) is 10.6. The van der Waals surface area contributed by atoms with Crippen molar-refractivity contribution < 1.29 is 22.9 Å². The van der Waals surface area contributed by atoms with Crippen molar-refractivity contribution in [1.29, 1.82) is 2.86 Å². The van der Waals surface area contributed by atoms with Crippen LogP contribution in [0.2, 0.25) is 0 Å². The van der Waals surface area contributed by atoms with Crippen LogP contribution in [0.4, 0.5) is 0 Å². The molecule has 6 heteroatoms. The molecule has 0 aliphatic rings. The lowest BCUT2D eigenvalue weighted by Gasteiger charge is -1.98. The van der Waals surface area contributed by atoms with Gasteiger partial charge in [0.05, 0.1) is 11.3 Å². The highest BCUT2D eigenvalue weighted by molar-refractivity contribution is 7.85. The molecule has 0 radical (unpaired) electrons. The Hall–Kier alpha value is -1.40. The van der Waals surface area contributed by atoms with Gasteiger partial charge in [-0.2, -0.15) is 8.42 Å². The molecule has 0 heterocycles. The van der Waals surface area contributed by atoms with E-state index in [0.717, 1.165) is 0 Å². The second-order valence-corrected chi connectivity index (χ2v) is 4.03. The van der Waals surface area contributed by atoms with Gasteiger partial charge in [0.1, 0.15) is 0 Å². The van der Waals surface area contributed by atoms with Gasteiger partial charge >= 0.3 is 5.97 Å². The number of aliphatic carboxylic acids is 1. The molecule has 76 valence electrons. The molecular formula is C8H8O5S. The fraction of sp³-hybridized carbons (Fsp3) is 0.125. The monoisotopic (exact) mass is 218 g/mol. The summed E-state index contributed by atoms with van der Waals surface area (Å²) in [6, 6.07) is 5.17. The van der Waals surface area contributed by atoms with E-state index in [4.69, 9.17) is 2.86 Å². The summed E-state index contributed by atoms with van der Waals surface area (Å²) in [5.41, 5.74) is 0.501. The molecule has 0 bridgehead atoms. The molecule has 0 aliphatic carbocycles. The molecule has 0 fully saturated rings. The van der Waals surface area contributed by atoms with Crippen molar-refractivity contribution in [3.8, 4) is 0 Å². The van der Waals surface area contributed by atoms with Crippen LogP contribution in [0, 0.1) is 0 Å². The number of rotatable bonds is 4. The Morgan fingerprint density at radius 1 is 1.36 bits per heavy atom. The van der Waals surface area contributed by atoms with Crippen molar-refractivity contribution in [2.24, 2.45) is 0 Å². The molecule has 0 saturated carbocycles. The standard InChI is InChI=1S/C8H8O5S/c9-8(10)5-6-1-3-7(4-2-6)14(11,12)13/h1-4H,5H2,(H,9,10)(H,11,12,13)/i/hD2. The molecule has 1 rings (SSSR count). The molecule has 14 heavy (non-hydrogen) atoms. The second-order valence-electron chi connectivity index (χ2n) is 2.65. The van der Waals surface area contributed by atoms with E-state index in [-0.39, 0.29) is 11.3 Å². The topological polar surface area (TPSA) is 91.7 Å². The highest BCUT2D eigenvalue weighted by atomic mass is 32.2. The fourth-order valence-electron chi connectivity index (χ4n) is 0.941. The molecule has 1 aromatic rings. The quantitative estimate of drug-likeness (QED) is 0.720. The molecule has 0 aliphatic heterocycles. The molecule has 0 amide bonds. The van der Waals surface area contributed by atoms with Crippen molar-refractivity contribution in [2.45, 2.75) is 11.3 Å². The lowest BCUT2D eigenvalue weighted by molar-refractivity contribution is -0.136. The van der Waals surface area contributed by atoms with Crippen LogP contribution in [0.15, 0.2) is 29.2 Å². The first kappa shape index (κ1) is 7.95. The third-order valence-corrected chi connectivity index (χ3v) is 2.41. The summed E-state index contributed by atoms with van der Waals surface area (Å²) in [7, 11) is -4.04. The van der Waals surface area contributed by atoms with Crippen LogP contribution in [0.3, 0.4) is 0 Å². The van der Waals surface area contributed by atoms with Gasteiger partial charge in [-0.3, -0.25) is 9.35 Å². The van der Waals surface area contributed by atoms with Gasteiger partial charge in [-0.25, -0.2) is 0 Å². The highest BCUT2D eigenvalue weighted by Gasteiger charge is 2.08. The molecule has 0 atom stereocenters. The van der Waals surface area contributed by atoms with Crippen LogP contribution in [0.25, 0.3) is 2.86 Å². The summed E-state index contributed by atoms with van der Waals surface area (Å²) in [6.07, 6.45) is -0.119. The van der Waals surface area contributed by atoms with Crippen LogP contribution in [0.1, 0.15) is 5.56 Å². The van der Waals surface area contributed by atoms with Crippen molar-refractivity contribution in [1.82, 2.24) is 0 Å². The summed E-state index contributed by atoms with van der Waals surface area (Å²) >= 11 is 0. The van der Waals surface area contributed by atoms with E-state index < -0.39 is 16.1 Å². The molecule has 1 aromatic carbocycles. The first-order chi connectivity index (χ1) is 7.49. The molecular weight excluding hydrogens is 208 g/mol. The van der Waals surface area contributed by atoms with E-state index in [1.807, 2.05) is 0 Å². The maximum absolute atomic E-state index is 11.1. The molecule has 5 nitrogen and oxygen atoms in total. The average molecular weight is 218 g/mol. The van der Waals surface area contributed by atoms with Crippen molar-refractivity contribution in [3.63, 3.8) is 0 Å². The molecule has 0 aromatic heterocycles. The molecule has 0 unspecified atom stereocenters. The third-order valence-electron chi connectivity index (χ3n) is 1.56. The lowest BCUT2D eigenvalue weighted by atomic mass is 10.2. The molecule has 0 saturated heterocycles. The molecule has 2 N–H and O–H groups in total.